The third-order valence-electron chi connectivity index (χ3n) is 3.02. The number of hydrogen-bond acceptors (Lipinski definition) is 4. The molecule has 0 spiro atoms. The van der Waals surface area contributed by atoms with E-state index in [-0.39, 0.29) is 17.9 Å². The summed E-state index contributed by atoms with van der Waals surface area (Å²) >= 11 is 1.42. The molecule has 0 N–H and O–H groups in total. The number of thiophene rings is 1. The van der Waals surface area contributed by atoms with Crippen LogP contribution in [0.25, 0.3) is 10.2 Å². The van der Waals surface area contributed by atoms with Crippen molar-refractivity contribution in [3.05, 3.63) is 57.7 Å². The minimum Gasteiger partial charge on any atom is -0.494 e. The van der Waals surface area contributed by atoms with E-state index < -0.39 is 5.82 Å². The van der Waals surface area contributed by atoms with Gasteiger partial charge in [-0.05, 0) is 29.1 Å². The lowest BCUT2D eigenvalue weighted by Gasteiger charge is -2.07. The van der Waals surface area contributed by atoms with Crippen LogP contribution in [0, 0.1) is 5.82 Å². The molecule has 3 rings (SSSR count). The van der Waals surface area contributed by atoms with Crippen molar-refractivity contribution in [1.82, 2.24) is 9.55 Å². The Kier molecular flexibility index (Phi) is 3.23. The van der Waals surface area contributed by atoms with Crippen LogP contribution in [0.3, 0.4) is 0 Å². The van der Waals surface area contributed by atoms with Gasteiger partial charge in [-0.25, -0.2) is 9.37 Å². The topological polar surface area (TPSA) is 44.1 Å². The molecule has 3 aromatic rings. The zero-order chi connectivity index (χ0) is 14.1. The van der Waals surface area contributed by atoms with Crippen molar-refractivity contribution in [2.45, 2.75) is 6.54 Å². The van der Waals surface area contributed by atoms with E-state index >= 15 is 0 Å². The summed E-state index contributed by atoms with van der Waals surface area (Å²) in [6.45, 7) is 0.276. The normalized spacial score (nSPS) is 10.9. The van der Waals surface area contributed by atoms with E-state index in [1.807, 2.05) is 5.38 Å². The maximum absolute atomic E-state index is 13.6. The summed E-state index contributed by atoms with van der Waals surface area (Å²) in [4.78, 5) is 17.1. The second-order valence-corrected chi connectivity index (χ2v) is 5.18. The van der Waals surface area contributed by atoms with Gasteiger partial charge >= 0.3 is 0 Å². The van der Waals surface area contributed by atoms with E-state index in [0.717, 1.165) is 0 Å². The summed E-state index contributed by atoms with van der Waals surface area (Å²) in [6, 6.07) is 6.39. The Bertz CT molecular complexity index is 825. The van der Waals surface area contributed by atoms with Gasteiger partial charge in [0.25, 0.3) is 5.56 Å². The van der Waals surface area contributed by atoms with E-state index in [1.54, 1.807) is 18.2 Å². The zero-order valence-corrected chi connectivity index (χ0v) is 11.5. The fourth-order valence-corrected chi connectivity index (χ4v) is 2.73. The van der Waals surface area contributed by atoms with Crippen LogP contribution in [0.1, 0.15) is 5.56 Å². The summed E-state index contributed by atoms with van der Waals surface area (Å²) in [7, 11) is 1.41. The molecule has 2 heterocycles. The van der Waals surface area contributed by atoms with Crippen molar-refractivity contribution in [2.75, 3.05) is 7.11 Å². The fraction of sp³-hybridized carbons (Fsp3) is 0.143. The molecule has 1 aromatic carbocycles. The molecule has 20 heavy (non-hydrogen) atoms. The monoisotopic (exact) mass is 290 g/mol. The molecule has 0 atom stereocenters. The predicted molar refractivity (Wildman–Crippen MR) is 75.9 cm³/mol. The summed E-state index contributed by atoms with van der Waals surface area (Å²) in [5, 5.41) is 2.42. The SMILES string of the molecule is COc1ccc(Cn2cnc3sccc3c2=O)cc1F. The van der Waals surface area contributed by atoms with E-state index in [2.05, 4.69) is 4.98 Å². The van der Waals surface area contributed by atoms with Gasteiger partial charge in [0.1, 0.15) is 4.83 Å². The Balaban J connectivity index is 1.98. The Labute approximate surface area is 118 Å². The highest BCUT2D eigenvalue weighted by Gasteiger charge is 2.07. The molecule has 0 saturated carbocycles. The molecule has 0 saturated heterocycles. The Morgan fingerprint density at radius 1 is 1.40 bits per heavy atom. The molecule has 0 amide bonds. The van der Waals surface area contributed by atoms with E-state index in [4.69, 9.17) is 4.74 Å². The number of rotatable bonds is 3. The molecule has 0 unspecified atom stereocenters. The van der Waals surface area contributed by atoms with Crippen molar-refractivity contribution in [3.8, 4) is 5.75 Å². The third kappa shape index (κ3) is 2.18. The minimum absolute atomic E-state index is 0.118. The Morgan fingerprint density at radius 2 is 2.25 bits per heavy atom. The van der Waals surface area contributed by atoms with Crippen molar-refractivity contribution in [3.63, 3.8) is 0 Å². The van der Waals surface area contributed by atoms with Crippen molar-refractivity contribution in [1.29, 1.82) is 0 Å². The molecule has 0 aliphatic heterocycles. The van der Waals surface area contributed by atoms with Gasteiger partial charge in [-0.15, -0.1) is 11.3 Å². The van der Waals surface area contributed by atoms with Gasteiger partial charge in [0.2, 0.25) is 0 Å². The summed E-state index contributed by atoms with van der Waals surface area (Å²) in [5.41, 5.74) is 0.564. The van der Waals surface area contributed by atoms with Crippen LogP contribution in [-0.2, 0) is 6.54 Å². The van der Waals surface area contributed by atoms with Crippen LogP contribution >= 0.6 is 11.3 Å². The van der Waals surface area contributed by atoms with Gasteiger partial charge < -0.3 is 4.74 Å². The Hall–Kier alpha value is -2.21. The lowest BCUT2D eigenvalue weighted by molar-refractivity contribution is 0.386. The highest BCUT2D eigenvalue weighted by atomic mass is 32.1. The van der Waals surface area contributed by atoms with Crippen LogP contribution in [-0.4, -0.2) is 16.7 Å². The van der Waals surface area contributed by atoms with Gasteiger partial charge in [0.05, 0.1) is 25.4 Å². The number of aromatic nitrogens is 2. The van der Waals surface area contributed by atoms with Crippen molar-refractivity contribution >= 4 is 21.6 Å². The van der Waals surface area contributed by atoms with Gasteiger partial charge in [-0.1, -0.05) is 6.07 Å². The molecule has 2 aromatic heterocycles. The molecule has 6 heteroatoms. The smallest absolute Gasteiger partial charge is 0.262 e. The molecule has 102 valence electrons. The standard InChI is InChI=1S/C14H11FN2O2S/c1-19-12-3-2-9(6-11(12)15)7-17-8-16-13-10(14(17)18)4-5-20-13/h2-6,8H,7H2,1H3. The quantitative estimate of drug-likeness (QED) is 0.745. The number of halogens is 1. The first-order chi connectivity index (χ1) is 9.69. The van der Waals surface area contributed by atoms with Crippen molar-refractivity contribution in [2.24, 2.45) is 0 Å². The van der Waals surface area contributed by atoms with E-state index in [0.29, 0.717) is 15.8 Å². The molecular formula is C14H11FN2O2S. The molecule has 0 radical (unpaired) electrons. The first-order valence-electron chi connectivity index (χ1n) is 5.94. The van der Waals surface area contributed by atoms with Gasteiger partial charge in [-0.2, -0.15) is 0 Å². The average molecular weight is 290 g/mol. The first-order valence-corrected chi connectivity index (χ1v) is 6.82. The summed E-state index contributed by atoms with van der Waals surface area (Å²) in [6.07, 6.45) is 1.49. The van der Waals surface area contributed by atoms with Crippen molar-refractivity contribution < 1.29 is 9.13 Å². The number of hydrogen-bond donors (Lipinski definition) is 0. The van der Waals surface area contributed by atoms with Gasteiger partial charge in [0, 0.05) is 0 Å². The van der Waals surface area contributed by atoms with Crippen LogP contribution in [0.4, 0.5) is 4.39 Å². The second kappa shape index (κ2) is 5.05. The Morgan fingerprint density at radius 3 is 3.00 bits per heavy atom. The molecular weight excluding hydrogens is 279 g/mol. The maximum Gasteiger partial charge on any atom is 0.262 e. The zero-order valence-electron chi connectivity index (χ0n) is 10.7. The largest absolute Gasteiger partial charge is 0.494 e. The number of nitrogens with zero attached hydrogens (tertiary/aromatic N) is 2. The summed E-state index contributed by atoms with van der Waals surface area (Å²) < 4.78 is 20.0. The first kappa shape index (κ1) is 12.8. The van der Waals surface area contributed by atoms with Crippen LogP contribution in [0.5, 0.6) is 5.75 Å². The van der Waals surface area contributed by atoms with Crippen LogP contribution in [0.2, 0.25) is 0 Å². The highest BCUT2D eigenvalue weighted by molar-refractivity contribution is 7.16. The van der Waals surface area contributed by atoms with E-state index in [9.17, 15) is 9.18 Å². The second-order valence-electron chi connectivity index (χ2n) is 4.29. The fourth-order valence-electron chi connectivity index (χ4n) is 2.01. The molecule has 0 aliphatic rings. The third-order valence-corrected chi connectivity index (χ3v) is 3.84. The van der Waals surface area contributed by atoms with E-state index in [1.165, 1.54) is 35.4 Å². The number of benzene rings is 1. The van der Waals surface area contributed by atoms with Crippen LogP contribution < -0.4 is 10.3 Å². The van der Waals surface area contributed by atoms with Gasteiger partial charge in [0.15, 0.2) is 11.6 Å². The lowest BCUT2D eigenvalue weighted by atomic mass is 10.2. The predicted octanol–water partition coefficient (Wildman–Crippen LogP) is 2.65. The van der Waals surface area contributed by atoms with Gasteiger partial charge in [-0.3, -0.25) is 9.36 Å². The average Bonchev–Trinajstić information content (AvgIpc) is 2.91. The summed E-state index contributed by atoms with van der Waals surface area (Å²) in [5.74, 6) is -0.255. The minimum atomic E-state index is -0.442. The number of ether oxygens (including phenoxy) is 1. The lowest BCUT2D eigenvalue weighted by Crippen LogP contribution is -2.20. The number of methoxy groups -OCH3 is 1. The highest BCUT2D eigenvalue weighted by Crippen LogP contribution is 2.18. The maximum atomic E-state index is 13.6. The molecule has 0 aliphatic carbocycles. The number of fused-ring (bicyclic) bond motifs is 1. The van der Waals surface area contributed by atoms with Crippen LogP contribution in [0.15, 0.2) is 40.8 Å². The molecule has 4 nitrogen and oxygen atoms in total. The molecule has 0 bridgehead atoms. The molecule has 0 fully saturated rings.